The van der Waals surface area contributed by atoms with Crippen LogP contribution >= 0.6 is 0 Å². The summed E-state index contributed by atoms with van der Waals surface area (Å²) < 4.78 is 8.82. The fourth-order valence-corrected chi connectivity index (χ4v) is 5.82. The first-order valence-corrected chi connectivity index (χ1v) is 15.7. The van der Waals surface area contributed by atoms with E-state index in [-0.39, 0.29) is 0 Å². The molecule has 0 unspecified atom stereocenters. The van der Waals surface area contributed by atoms with Gasteiger partial charge >= 0.3 is 0 Å². The van der Waals surface area contributed by atoms with Crippen LogP contribution < -0.4 is 9.88 Å². The Morgan fingerprint density at radius 3 is 1.28 bits per heavy atom. The molecule has 0 spiro atoms. The third-order valence-corrected chi connectivity index (χ3v) is 8.09. The van der Waals surface area contributed by atoms with Crippen LogP contribution in [0, 0.1) is 0 Å². The van der Waals surface area contributed by atoms with Gasteiger partial charge in [-0.3, -0.25) is 0 Å². The molecule has 0 saturated carbocycles. The van der Waals surface area contributed by atoms with Crippen molar-refractivity contribution in [2.75, 3.05) is 6.54 Å². The molecule has 222 valence electrons. The summed E-state index contributed by atoms with van der Waals surface area (Å²) in [7, 11) is 0. The van der Waals surface area contributed by atoms with Crippen molar-refractivity contribution in [3.05, 3.63) is 199 Å². The molecule has 3 heteroatoms. The van der Waals surface area contributed by atoms with E-state index in [4.69, 9.17) is 4.74 Å². The Kier molecular flexibility index (Phi) is 8.64. The van der Waals surface area contributed by atoms with Crippen molar-refractivity contribution < 1.29 is 9.30 Å². The first kappa shape index (κ1) is 28.8. The molecule has 3 nitrogen and oxygen atoms in total. The average molecular weight is 596 g/mol. The Morgan fingerprint density at radius 1 is 0.457 bits per heavy atom. The van der Waals surface area contributed by atoms with Crippen molar-refractivity contribution >= 4 is 11.5 Å². The molecule has 0 amide bonds. The molecule has 7 rings (SSSR count). The molecule has 0 atom stereocenters. The molecule has 6 aromatic rings. The number of ether oxygens (including phenoxy) is 1. The lowest BCUT2D eigenvalue weighted by Gasteiger charge is -2.19. The number of nitrogens with one attached hydrogen (secondary N) is 1. The third kappa shape index (κ3) is 6.59. The Bertz CT molecular complexity index is 1880. The minimum absolute atomic E-state index is 0.738. The third-order valence-electron chi connectivity index (χ3n) is 8.09. The first-order chi connectivity index (χ1) is 22.8. The van der Waals surface area contributed by atoms with Crippen LogP contribution in [-0.4, -0.2) is 6.54 Å². The smallest absolute Gasteiger partial charge is 0.213 e. The Balaban J connectivity index is 1.24. The van der Waals surface area contributed by atoms with Crippen molar-refractivity contribution in [1.29, 1.82) is 0 Å². The van der Waals surface area contributed by atoms with Crippen LogP contribution in [0.5, 0.6) is 0 Å². The Morgan fingerprint density at radius 2 is 0.848 bits per heavy atom. The maximum atomic E-state index is 6.39. The number of nitrogens with zero attached hydrogens (tertiary/aromatic N) is 1. The van der Waals surface area contributed by atoms with E-state index in [0.717, 1.165) is 41.3 Å². The summed E-state index contributed by atoms with van der Waals surface area (Å²) in [6.45, 7) is 1.51. The zero-order valence-corrected chi connectivity index (χ0v) is 25.6. The van der Waals surface area contributed by atoms with Crippen molar-refractivity contribution in [3.63, 3.8) is 0 Å². The Hall–Kier alpha value is -5.93. The van der Waals surface area contributed by atoms with Gasteiger partial charge < -0.3 is 10.1 Å². The molecule has 0 fully saturated rings. The van der Waals surface area contributed by atoms with Crippen LogP contribution in [0.3, 0.4) is 0 Å². The van der Waals surface area contributed by atoms with Gasteiger partial charge in [0.05, 0.1) is 6.54 Å². The van der Waals surface area contributed by atoms with Gasteiger partial charge in [-0.15, -0.1) is 0 Å². The molecule has 0 aliphatic carbocycles. The second-order valence-corrected chi connectivity index (χ2v) is 11.2. The van der Waals surface area contributed by atoms with Crippen LogP contribution in [0.1, 0.15) is 11.1 Å². The highest BCUT2D eigenvalue weighted by molar-refractivity contribution is 5.77. The lowest BCUT2D eigenvalue weighted by Crippen LogP contribution is -2.42. The molecule has 2 heterocycles. The maximum Gasteiger partial charge on any atom is 0.213 e. The Labute approximate surface area is 271 Å². The number of pyridine rings is 1. The monoisotopic (exact) mass is 595 g/mol. The van der Waals surface area contributed by atoms with E-state index in [2.05, 4.69) is 156 Å². The van der Waals surface area contributed by atoms with Gasteiger partial charge in [0.15, 0.2) is 6.54 Å². The summed E-state index contributed by atoms with van der Waals surface area (Å²) in [5, 5.41) is 3.62. The molecule has 46 heavy (non-hydrogen) atoms. The summed E-state index contributed by atoms with van der Waals surface area (Å²) in [5.41, 5.74) is 10.3. The van der Waals surface area contributed by atoms with Gasteiger partial charge in [-0.05, 0) is 53.1 Å². The minimum Gasteiger partial charge on any atom is -0.456 e. The van der Waals surface area contributed by atoms with Crippen molar-refractivity contribution in [2.24, 2.45) is 0 Å². The molecular formula is C43H35N2O+. The standard InChI is InChI=1S/C43H35N2O/c1-6-16-34(17-7-1)39-30-40(35-18-8-2-9-19-35)45(41(31-39)36-20-10-3-11-21-36)27-26-44-32-33-28-42(37-22-12-4-13-23-37)46-43(29-33)38-24-14-5-15-25-38/h1-25,28-32,44H,26-27H2/q+1. The van der Waals surface area contributed by atoms with Crippen LogP contribution in [0.25, 0.3) is 45.2 Å². The van der Waals surface area contributed by atoms with Crippen molar-refractivity contribution in [2.45, 2.75) is 6.54 Å². The van der Waals surface area contributed by atoms with Crippen LogP contribution in [-0.2, 0) is 11.3 Å². The molecule has 1 aliphatic rings. The highest BCUT2D eigenvalue weighted by Gasteiger charge is 2.22. The lowest BCUT2D eigenvalue weighted by atomic mass is 9.99. The van der Waals surface area contributed by atoms with E-state index in [1.165, 1.54) is 33.6 Å². The molecule has 1 N–H and O–H groups in total. The molecule has 1 aromatic heterocycles. The zero-order chi connectivity index (χ0) is 31.0. The van der Waals surface area contributed by atoms with Gasteiger partial charge in [-0.2, -0.15) is 4.57 Å². The fraction of sp³-hybridized carbons (Fsp3) is 0.0465. The fourth-order valence-electron chi connectivity index (χ4n) is 5.82. The minimum atomic E-state index is 0.738. The van der Waals surface area contributed by atoms with Crippen LogP contribution in [0.4, 0.5) is 0 Å². The quantitative estimate of drug-likeness (QED) is 0.133. The number of allylic oxidation sites excluding steroid dienone is 3. The van der Waals surface area contributed by atoms with Gasteiger partial charge in [-0.25, -0.2) is 0 Å². The van der Waals surface area contributed by atoms with Crippen LogP contribution in [0.2, 0.25) is 0 Å². The van der Waals surface area contributed by atoms with Crippen molar-refractivity contribution in [1.82, 2.24) is 5.32 Å². The highest BCUT2D eigenvalue weighted by Crippen LogP contribution is 2.32. The number of benzene rings is 5. The molecule has 0 bridgehead atoms. The van der Waals surface area contributed by atoms with E-state index in [1.807, 2.05) is 36.4 Å². The predicted octanol–water partition coefficient (Wildman–Crippen LogP) is 9.56. The van der Waals surface area contributed by atoms with Gasteiger partial charge in [0.2, 0.25) is 11.4 Å². The van der Waals surface area contributed by atoms with Crippen LogP contribution in [0.15, 0.2) is 188 Å². The molecule has 5 aromatic carbocycles. The summed E-state index contributed by atoms with van der Waals surface area (Å²) in [5.74, 6) is 1.66. The summed E-state index contributed by atoms with van der Waals surface area (Å²) >= 11 is 0. The molecule has 0 radical (unpaired) electrons. The zero-order valence-electron chi connectivity index (χ0n) is 25.6. The normalized spacial score (nSPS) is 12.5. The van der Waals surface area contributed by atoms with Gasteiger partial charge in [-0.1, -0.05) is 127 Å². The summed E-state index contributed by atoms with van der Waals surface area (Å²) in [6, 6.07) is 57.1. The van der Waals surface area contributed by atoms with E-state index in [0.29, 0.717) is 0 Å². The van der Waals surface area contributed by atoms with Gasteiger partial charge in [0.1, 0.15) is 11.5 Å². The van der Waals surface area contributed by atoms with Gasteiger partial charge in [0.25, 0.3) is 0 Å². The summed E-state index contributed by atoms with van der Waals surface area (Å²) in [4.78, 5) is 0. The average Bonchev–Trinajstić information content (AvgIpc) is 3.15. The molecular weight excluding hydrogens is 560 g/mol. The van der Waals surface area contributed by atoms with E-state index in [9.17, 15) is 0 Å². The number of hydrogen-bond donors (Lipinski definition) is 1. The lowest BCUT2D eigenvalue weighted by molar-refractivity contribution is -0.673. The van der Waals surface area contributed by atoms with E-state index < -0.39 is 0 Å². The first-order valence-electron chi connectivity index (χ1n) is 15.7. The largest absolute Gasteiger partial charge is 0.456 e. The molecule has 0 saturated heterocycles. The number of rotatable bonds is 9. The second-order valence-electron chi connectivity index (χ2n) is 11.2. The SMILES string of the molecule is C(NCC[n+]1c(-c2ccccc2)cc(-c2ccccc2)cc1-c1ccccc1)=C1C=C(c2ccccc2)OC(c2ccccc2)=C1. The topological polar surface area (TPSA) is 25.1 Å². The second kappa shape index (κ2) is 13.8. The maximum absolute atomic E-state index is 6.39. The van der Waals surface area contributed by atoms with E-state index in [1.54, 1.807) is 0 Å². The molecule has 1 aliphatic heterocycles. The van der Waals surface area contributed by atoms with E-state index >= 15 is 0 Å². The van der Waals surface area contributed by atoms with Crippen molar-refractivity contribution in [3.8, 4) is 33.6 Å². The van der Waals surface area contributed by atoms with Gasteiger partial charge in [0, 0.05) is 40.6 Å². The number of hydrogen-bond acceptors (Lipinski definition) is 2. The predicted molar refractivity (Wildman–Crippen MR) is 189 cm³/mol. The summed E-state index contributed by atoms with van der Waals surface area (Å²) in [6.07, 6.45) is 6.29. The number of aromatic nitrogens is 1. The highest BCUT2D eigenvalue weighted by atomic mass is 16.5.